The molecule has 0 saturated carbocycles. The third kappa shape index (κ3) is 4.31. The summed E-state index contributed by atoms with van der Waals surface area (Å²) in [6.07, 6.45) is -0.932. The number of hydrogen-bond donors (Lipinski definition) is 2. The Labute approximate surface area is 167 Å². The highest BCUT2D eigenvalue weighted by Crippen LogP contribution is 2.25. The third-order valence-corrected chi connectivity index (χ3v) is 5.39. The van der Waals surface area contributed by atoms with Gasteiger partial charge in [0.2, 0.25) is 0 Å². The number of methoxy groups -OCH3 is 1. The molecule has 2 saturated heterocycles. The van der Waals surface area contributed by atoms with Crippen LogP contribution in [0.25, 0.3) is 0 Å². The molecule has 2 N–H and O–H groups in total. The van der Waals surface area contributed by atoms with E-state index in [1.54, 1.807) is 4.90 Å². The molecule has 3 atom stereocenters. The molecule has 0 spiro atoms. The smallest absolute Gasteiger partial charge is 0.322 e. The van der Waals surface area contributed by atoms with Gasteiger partial charge in [0.05, 0.1) is 0 Å². The molecule has 2 unspecified atom stereocenters. The molecule has 29 heavy (non-hydrogen) atoms. The second kappa shape index (κ2) is 7.94. The highest BCUT2D eigenvalue weighted by Gasteiger charge is 2.45. The van der Waals surface area contributed by atoms with Crippen molar-refractivity contribution in [3.8, 4) is 0 Å². The second-order valence-electron chi connectivity index (χ2n) is 7.62. The van der Waals surface area contributed by atoms with Gasteiger partial charge >= 0.3 is 6.03 Å². The molecule has 2 aliphatic rings. The minimum absolute atomic E-state index is 0.0103. The van der Waals surface area contributed by atoms with Crippen molar-refractivity contribution < 1.29 is 27.9 Å². The first kappa shape index (κ1) is 21.0. The van der Waals surface area contributed by atoms with Gasteiger partial charge in [-0.25, -0.2) is 13.6 Å². The lowest BCUT2D eigenvalue weighted by Gasteiger charge is -2.42. The van der Waals surface area contributed by atoms with Crippen molar-refractivity contribution in [3.63, 3.8) is 0 Å². The van der Waals surface area contributed by atoms with Crippen molar-refractivity contribution in [2.75, 3.05) is 31.6 Å². The number of piperazine rings is 1. The molecule has 0 aliphatic carbocycles. The summed E-state index contributed by atoms with van der Waals surface area (Å²) in [5.74, 6) is -2.13. The zero-order valence-corrected chi connectivity index (χ0v) is 16.5. The van der Waals surface area contributed by atoms with E-state index >= 15 is 0 Å². The number of urea groups is 1. The quantitative estimate of drug-likeness (QED) is 0.707. The van der Waals surface area contributed by atoms with E-state index in [-0.39, 0.29) is 18.4 Å². The Bertz CT molecular complexity index is 816. The van der Waals surface area contributed by atoms with Crippen molar-refractivity contribution in [2.45, 2.75) is 38.0 Å². The van der Waals surface area contributed by atoms with E-state index in [1.807, 2.05) is 11.8 Å². The maximum atomic E-state index is 13.5. The van der Waals surface area contributed by atoms with E-state index in [9.17, 15) is 23.2 Å². The number of imide groups is 1. The number of hydrogen-bond acceptors (Lipinski definition) is 5. The Balaban J connectivity index is 1.67. The Morgan fingerprint density at radius 3 is 2.45 bits per heavy atom. The molecule has 10 heteroatoms. The van der Waals surface area contributed by atoms with Crippen LogP contribution in [0.4, 0.5) is 19.3 Å². The van der Waals surface area contributed by atoms with E-state index in [0.29, 0.717) is 25.3 Å². The highest BCUT2D eigenvalue weighted by atomic mass is 19.1. The van der Waals surface area contributed by atoms with Gasteiger partial charge in [-0.3, -0.25) is 14.9 Å². The van der Waals surface area contributed by atoms with Crippen LogP contribution >= 0.6 is 0 Å². The van der Waals surface area contributed by atoms with Crippen molar-refractivity contribution in [1.82, 2.24) is 15.5 Å². The molecule has 0 bridgehead atoms. The van der Waals surface area contributed by atoms with Gasteiger partial charge in [-0.15, -0.1) is 0 Å². The zero-order chi connectivity index (χ0) is 21.3. The number of carbonyl (C=O) groups is 3. The lowest BCUT2D eigenvalue weighted by molar-refractivity contribution is -0.144. The van der Waals surface area contributed by atoms with Crippen LogP contribution in [-0.4, -0.2) is 67.2 Å². The Hall–Kier alpha value is -2.75. The summed E-state index contributed by atoms with van der Waals surface area (Å²) in [7, 11) is 1.37. The standard InChI is InChI=1S/C19H24F2N4O4/c1-11-10-24(4-5-25(11)14-7-12(20)6-13(21)8-14)16(26)15(29-3)9-19(2)17(27)22-18(28)23-19/h6-8,11,15H,4-5,9-10H2,1-3H3,(H2,22,23,27,28)/t11-,15?,19?/m0/s1. The number of ether oxygens (including phenoxy) is 1. The molecule has 3 rings (SSSR count). The highest BCUT2D eigenvalue weighted by molar-refractivity contribution is 6.07. The summed E-state index contributed by atoms with van der Waals surface area (Å²) in [6.45, 7) is 4.44. The summed E-state index contributed by atoms with van der Waals surface area (Å²) in [4.78, 5) is 39.9. The maximum Gasteiger partial charge on any atom is 0.322 e. The summed E-state index contributed by atoms with van der Waals surface area (Å²) >= 11 is 0. The van der Waals surface area contributed by atoms with Crippen molar-refractivity contribution in [3.05, 3.63) is 29.8 Å². The predicted octanol–water partition coefficient (Wildman–Crippen LogP) is 1.01. The van der Waals surface area contributed by atoms with Crippen LogP contribution in [0.3, 0.4) is 0 Å². The molecular weight excluding hydrogens is 386 g/mol. The number of halogens is 2. The number of nitrogens with one attached hydrogen (secondary N) is 2. The molecule has 1 aromatic carbocycles. The van der Waals surface area contributed by atoms with Crippen LogP contribution in [0.2, 0.25) is 0 Å². The lowest BCUT2D eigenvalue weighted by Crippen LogP contribution is -2.57. The molecule has 4 amide bonds. The second-order valence-corrected chi connectivity index (χ2v) is 7.62. The molecule has 1 aromatic rings. The predicted molar refractivity (Wildman–Crippen MR) is 100 cm³/mol. The maximum absolute atomic E-state index is 13.5. The summed E-state index contributed by atoms with van der Waals surface area (Å²) < 4.78 is 32.4. The third-order valence-electron chi connectivity index (χ3n) is 5.39. The molecule has 2 fully saturated rings. The number of amides is 4. The number of rotatable bonds is 5. The van der Waals surface area contributed by atoms with Crippen LogP contribution in [0.1, 0.15) is 20.3 Å². The minimum Gasteiger partial charge on any atom is -0.372 e. The Kier molecular flexibility index (Phi) is 5.74. The normalized spacial score (nSPS) is 25.6. The van der Waals surface area contributed by atoms with Gasteiger partial charge in [-0.2, -0.15) is 0 Å². The monoisotopic (exact) mass is 410 g/mol. The molecule has 2 heterocycles. The number of anilines is 1. The van der Waals surface area contributed by atoms with E-state index in [2.05, 4.69) is 10.6 Å². The zero-order valence-electron chi connectivity index (χ0n) is 16.5. The van der Waals surface area contributed by atoms with E-state index < -0.39 is 35.2 Å². The van der Waals surface area contributed by atoms with Gasteiger partial charge in [0.25, 0.3) is 11.8 Å². The fraction of sp³-hybridized carbons (Fsp3) is 0.526. The Morgan fingerprint density at radius 2 is 1.93 bits per heavy atom. The summed E-state index contributed by atoms with van der Waals surface area (Å²) in [5.41, 5.74) is -0.816. The van der Waals surface area contributed by atoms with Crippen molar-refractivity contribution >= 4 is 23.5 Å². The molecule has 158 valence electrons. The van der Waals surface area contributed by atoms with Crippen LogP contribution in [-0.2, 0) is 14.3 Å². The summed E-state index contributed by atoms with van der Waals surface area (Å²) in [6, 6.07) is 2.55. The average molecular weight is 410 g/mol. The molecule has 8 nitrogen and oxygen atoms in total. The molecule has 2 aliphatic heterocycles. The van der Waals surface area contributed by atoms with Crippen molar-refractivity contribution in [1.29, 1.82) is 0 Å². The molecule has 0 aromatic heterocycles. The average Bonchev–Trinajstić information content (AvgIpc) is 2.89. The lowest BCUT2D eigenvalue weighted by atomic mass is 9.93. The van der Waals surface area contributed by atoms with E-state index in [4.69, 9.17) is 4.74 Å². The largest absolute Gasteiger partial charge is 0.372 e. The first-order valence-electron chi connectivity index (χ1n) is 9.31. The number of benzene rings is 1. The van der Waals surface area contributed by atoms with Crippen LogP contribution in [0, 0.1) is 11.6 Å². The topological polar surface area (TPSA) is 91.0 Å². The molecule has 0 radical (unpaired) electrons. The van der Waals surface area contributed by atoms with Crippen LogP contribution in [0.5, 0.6) is 0 Å². The molecular formula is C19H24F2N4O4. The van der Waals surface area contributed by atoms with Crippen LogP contribution < -0.4 is 15.5 Å². The van der Waals surface area contributed by atoms with Gasteiger partial charge in [-0.1, -0.05) is 0 Å². The van der Waals surface area contributed by atoms with Gasteiger partial charge in [0, 0.05) is 51.0 Å². The van der Waals surface area contributed by atoms with Crippen molar-refractivity contribution in [2.24, 2.45) is 0 Å². The van der Waals surface area contributed by atoms with Gasteiger partial charge < -0.3 is 19.9 Å². The fourth-order valence-electron chi connectivity index (χ4n) is 3.82. The number of nitrogens with zero attached hydrogens (tertiary/aromatic N) is 2. The first-order valence-corrected chi connectivity index (χ1v) is 9.31. The van der Waals surface area contributed by atoms with Gasteiger partial charge in [0.1, 0.15) is 23.3 Å². The Morgan fingerprint density at radius 1 is 1.28 bits per heavy atom. The minimum atomic E-state index is -1.24. The first-order chi connectivity index (χ1) is 13.6. The SMILES string of the molecule is COC(CC1(C)NC(=O)NC1=O)C(=O)N1CCN(c2cc(F)cc(F)c2)[C@@H](C)C1. The summed E-state index contributed by atoms with van der Waals surface area (Å²) in [5, 5.41) is 4.68. The van der Waals surface area contributed by atoms with Crippen LogP contribution in [0.15, 0.2) is 18.2 Å². The number of carbonyl (C=O) groups excluding carboxylic acids is 3. The van der Waals surface area contributed by atoms with Gasteiger partial charge in [0.15, 0.2) is 0 Å². The van der Waals surface area contributed by atoms with E-state index in [0.717, 1.165) is 6.07 Å². The fourth-order valence-corrected chi connectivity index (χ4v) is 3.82. The van der Waals surface area contributed by atoms with Gasteiger partial charge in [-0.05, 0) is 26.0 Å². The van der Waals surface area contributed by atoms with E-state index in [1.165, 1.54) is 26.2 Å².